The quantitative estimate of drug-likeness (QED) is 0.594. The highest BCUT2D eigenvalue weighted by Gasteiger charge is 2.08. The Morgan fingerprint density at radius 1 is 1.50 bits per heavy atom. The second-order valence-corrected chi connectivity index (χ2v) is 2.68. The maximum Gasteiger partial charge on any atom is 0.338 e. The van der Waals surface area contributed by atoms with Crippen molar-refractivity contribution in [3.05, 3.63) is 23.8 Å². The first-order chi connectivity index (χ1) is 6.69. The van der Waals surface area contributed by atoms with E-state index in [1.54, 1.807) is 25.1 Å². The van der Waals surface area contributed by atoms with E-state index in [2.05, 4.69) is 0 Å². The van der Waals surface area contributed by atoms with E-state index in [0.29, 0.717) is 23.6 Å². The Morgan fingerprint density at radius 3 is 2.79 bits per heavy atom. The average Bonchev–Trinajstić information content (AvgIpc) is 2.19. The van der Waals surface area contributed by atoms with Crippen molar-refractivity contribution in [1.29, 1.82) is 0 Å². The number of nitrogen functional groups attached to an aromatic ring is 1. The normalized spacial score (nSPS) is 9.57. The smallest absolute Gasteiger partial charge is 0.338 e. The summed E-state index contributed by atoms with van der Waals surface area (Å²) in [6, 6.07) is 4.79. The van der Waals surface area contributed by atoms with Crippen LogP contribution >= 0.6 is 0 Å². The minimum atomic E-state index is -0.370. The Hall–Kier alpha value is -1.71. The zero-order valence-electron chi connectivity index (χ0n) is 8.24. The summed E-state index contributed by atoms with van der Waals surface area (Å²) in [5.41, 5.74) is 6.54. The molecule has 0 spiro atoms. The molecule has 0 saturated carbocycles. The Morgan fingerprint density at radius 2 is 2.21 bits per heavy atom. The lowest BCUT2D eigenvalue weighted by Gasteiger charge is -2.06. The zero-order valence-corrected chi connectivity index (χ0v) is 8.24. The third-order valence-corrected chi connectivity index (χ3v) is 1.74. The number of anilines is 1. The van der Waals surface area contributed by atoms with Crippen molar-refractivity contribution in [2.24, 2.45) is 0 Å². The van der Waals surface area contributed by atoms with Crippen molar-refractivity contribution in [2.45, 2.75) is 6.92 Å². The first kappa shape index (κ1) is 10.4. The first-order valence-corrected chi connectivity index (χ1v) is 4.29. The summed E-state index contributed by atoms with van der Waals surface area (Å²) in [5.74, 6) is 0.112. The molecule has 0 atom stereocenters. The van der Waals surface area contributed by atoms with Gasteiger partial charge in [-0.2, -0.15) is 0 Å². The molecule has 0 bridgehead atoms. The van der Waals surface area contributed by atoms with Gasteiger partial charge in [0.2, 0.25) is 0 Å². The van der Waals surface area contributed by atoms with E-state index in [0.717, 1.165) is 0 Å². The third kappa shape index (κ3) is 2.16. The van der Waals surface area contributed by atoms with Crippen molar-refractivity contribution in [3.8, 4) is 5.75 Å². The van der Waals surface area contributed by atoms with Crippen LogP contribution < -0.4 is 10.5 Å². The summed E-state index contributed by atoms with van der Waals surface area (Å²) in [7, 11) is 1.50. The molecule has 0 unspecified atom stereocenters. The summed E-state index contributed by atoms with van der Waals surface area (Å²) in [5, 5.41) is 0. The SMILES string of the molecule is CCOC(=O)[13c]1[13cH][13cH][13c](N)[13c](OC)[13cH]1. The molecule has 1 aromatic carbocycles. The van der Waals surface area contributed by atoms with Crippen LogP contribution in [0, 0.1) is 0 Å². The van der Waals surface area contributed by atoms with Crippen molar-refractivity contribution >= 4 is 11.7 Å². The van der Waals surface area contributed by atoms with E-state index >= 15 is 0 Å². The Balaban J connectivity index is 2.94. The number of ether oxygens (including phenoxy) is 2. The van der Waals surface area contributed by atoms with Crippen LogP contribution in [0.3, 0.4) is 0 Å². The van der Waals surface area contributed by atoms with E-state index in [9.17, 15) is 4.79 Å². The molecule has 0 amide bonds. The monoisotopic (exact) mass is 201 g/mol. The fourth-order valence-electron chi connectivity index (χ4n) is 1.05. The van der Waals surface area contributed by atoms with Crippen molar-refractivity contribution in [1.82, 2.24) is 0 Å². The second kappa shape index (κ2) is 4.50. The molecule has 4 nitrogen and oxygen atoms in total. The fourth-order valence-corrected chi connectivity index (χ4v) is 1.05. The summed E-state index contributed by atoms with van der Waals surface area (Å²) in [4.78, 5) is 11.3. The molecule has 0 aliphatic heterocycles. The predicted molar refractivity (Wildman–Crippen MR) is 53.4 cm³/mol. The van der Waals surface area contributed by atoms with Gasteiger partial charge < -0.3 is 15.2 Å². The average molecular weight is 201 g/mol. The van der Waals surface area contributed by atoms with Gasteiger partial charge in [0, 0.05) is 0 Å². The standard InChI is InChI=1S/C10H13NO3/c1-3-14-10(12)7-4-5-8(11)9(6-7)13-2/h4-6H,3,11H2,1-2H3/i4+1,5+1,6+1,7+1,8+1,9+1. The summed E-state index contributed by atoms with van der Waals surface area (Å²) < 4.78 is 9.81. The van der Waals surface area contributed by atoms with Gasteiger partial charge in [-0.3, -0.25) is 0 Å². The van der Waals surface area contributed by atoms with Crippen LogP contribution in [0.25, 0.3) is 0 Å². The maximum absolute atomic E-state index is 11.3. The Bertz CT molecular complexity index is 336. The number of hydrogen-bond donors (Lipinski definition) is 1. The molecule has 0 saturated heterocycles. The largest absolute Gasteiger partial charge is 0.495 e. The molecule has 14 heavy (non-hydrogen) atoms. The molecule has 4 heteroatoms. The minimum Gasteiger partial charge on any atom is -0.495 e. The molecule has 1 aromatic rings. The van der Waals surface area contributed by atoms with Gasteiger partial charge in [0.15, 0.2) is 0 Å². The predicted octanol–water partition coefficient (Wildman–Crippen LogP) is 1.45. The first-order valence-electron chi connectivity index (χ1n) is 4.29. The van der Waals surface area contributed by atoms with Gasteiger partial charge >= 0.3 is 5.97 Å². The van der Waals surface area contributed by atoms with Crippen LogP contribution in [0.1, 0.15) is 17.3 Å². The summed E-state index contributed by atoms with van der Waals surface area (Å²) in [6.45, 7) is 2.11. The van der Waals surface area contributed by atoms with Crippen molar-refractivity contribution in [2.75, 3.05) is 19.5 Å². The van der Waals surface area contributed by atoms with Crippen LogP contribution in [-0.4, -0.2) is 19.7 Å². The molecule has 0 aliphatic rings. The lowest BCUT2D eigenvalue weighted by molar-refractivity contribution is 0.0526. The topological polar surface area (TPSA) is 61.5 Å². The molecule has 2 N–H and O–H groups in total. The molecule has 0 aromatic heterocycles. The molecule has 0 heterocycles. The number of esters is 1. The summed E-state index contributed by atoms with van der Waals surface area (Å²) in [6.07, 6.45) is 0. The number of methoxy groups -OCH3 is 1. The molecular formula is C10H13NO3. The zero-order chi connectivity index (χ0) is 10.6. The number of carbonyl (C=O) groups excluding carboxylic acids is 1. The molecule has 0 fully saturated rings. The van der Waals surface area contributed by atoms with Crippen LogP contribution in [0.5, 0.6) is 5.75 Å². The minimum absolute atomic E-state index is 0.353. The highest BCUT2D eigenvalue weighted by Crippen LogP contribution is 2.22. The molecule has 0 radical (unpaired) electrons. The number of rotatable bonds is 3. The highest BCUT2D eigenvalue weighted by molar-refractivity contribution is 5.90. The number of hydrogen-bond acceptors (Lipinski definition) is 4. The number of benzene rings is 1. The maximum atomic E-state index is 11.3. The fraction of sp³-hybridized carbons (Fsp3) is 0.300. The molecular weight excluding hydrogens is 188 g/mol. The van der Waals surface area contributed by atoms with E-state index in [4.69, 9.17) is 15.2 Å². The van der Waals surface area contributed by atoms with Gasteiger partial charge in [-0.05, 0) is 25.1 Å². The van der Waals surface area contributed by atoms with E-state index in [1.807, 2.05) is 0 Å². The highest BCUT2D eigenvalue weighted by atomic mass is 16.5. The number of nitrogens with two attached hydrogens (primary N) is 1. The van der Waals surface area contributed by atoms with Crippen molar-refractivity contribution < 1.29 is 14.3 Å². The summed E-state index contributed by atoms with van der Waals surface area (Å²) >= 11 is 0. The number of carbonyl (C=O) groups is 1. The van der Waals surface area contributed by atoms with Gasteiger partial charge in [-0.25, -0.2) is 4.79 Å². The van der Waals surface area contributed by atoms with Crippen LogP contribution in [0.4, 0.5) is 5.69 Å². The van der Waals surface area contributed by atoms with E-state index < -0.39 is 0 Å². The van der Waals surface area contributed by atoms with Gasteiger partial charge in [0.1, 0.15) is 5.75 Å². The van der Waals surface area contributed by atoms with Gasteiger partial charge in [0.05, 0.1) is 25.0 Å². The van der Waals surface area contributed by atoms with Crippen LogP contribution in [-0.2, 0) is 4.74 Å². The molecule has 76 valence electrons. The van der Waals surface area contributed by atoms with E-state index in [-0.39, 0.29) is 5.97 Å². The Kier molecular flexibility index (Phi) is 3.34. The second-order valence-electron chi connectivity index (χ2n) is 2.68. The van der Waals surface area contributed by atoms with Crippen molar-refractivity contribution in [3.63, 3.8) is 0 Å². The van der Waals surface area contributed by atoms with Crippen LogP contribution in [0.15, 0.2) is 18.2 Å². The van der Waals surface area contributed by atoms with Crippen LogP contribution in [0.2, 0.25) is 0 Å². The molecule has 0 aliphatic carbocycles. The molecule has 1 rings (SSSR count). The Labute approximate surface area is 82.6 Å². The lowest BCUT2D eigenvalue weighted by atomic mass is 10.8. The van der Waals surface area contributed by atoms with E-state index in [1.165, 1.54) is 7.11 Å². The van der Waals surface area contributed by atoms with Gasteiger partial charge in [-0.1, -0.05) is 0 Å². The lowest BCUT2D eigenvalue weighted by Crippen LogP contribution is -2.05. The third-order valence-electron chi connectivity index (χ3n) is 1.74. The van der Waals surface area contributed by atoms with Gasteiger partial charge in [0.25, 0.3) is 0 Å². The van der Waals surface area contributed by atoms with Gasteiger partial charge in [-0.15, -0.1) is 0 Å².